The van der Waals surface area contributed by atoms with E-state index in [9.17, 15) is 9.18 Å². The van der Waals surface area contributed by atoms with Gasteiger partial charge in [0.15, 0.2) is 0 Å². The van der Waals surface area contributed by atoms with Crippen LogP contribution in [0.5, 0.6) is 0 Å². The Labute approximate surface area is 154 Å². The van der Waals surface area contributed by atoms with Crippen LogP contribution in [0.2, 0.25) is 5.02 Å². The Balaban J connectivity index is 2.10. The van der Waals surface area contributed by atoms with Gasteiger partial charge in [-0.3, -0.25) is 4.79 Å². The highest BCUT2D eigenvalue weighted by Gasteiger charge is 2.29. The second-order valence-electron chi connectivity index (χ2n) is 6.96. The molecule has 0 saturated carbocycles. The molecule has 2 atom stereocenters. The van der Waals surface area contributed by atoms with Gasteiger partial charge in [-0.2, -0.15) is 0 Å². The van der Waals surface area contributed by atoms with E-state index in [1.54, 1.807) is 13.0 Å². The molecule has 4 heteroatoms. The molecule has 0 radical (unpaired) electrons. The molecule has 0 aromatic heterocycles. The third kappa shape index (κ3) is 4.90. The van der Waals surface area contributed by atoms with Gasteiger partial charge in [-0.05, 0) is 55.5 Å². The lowest BCUT2D eigenvalue weighted by molar-refractivity contribution is -0.126. The lowest BCUT2D eigenvalue weighted by Gasteiger charge is -2.28. The molecule has 0 heterocycles. The number of Topliss-reactive ketones (excluding diaryl/α,β-unsaturated/α-hetero) is 1. The fourth-order valence-corrected chi connectivity index (χ4v) is 3.20. The molecule has 2 nitrogen and oxygen atoms in total. The fourth-order valence-electron chi connectivity index (χ4n) is 3.03. The number of carbonyl (C=O) groups is 1. The average molecular weight is 362 g/mol. The summed E-state index contributed by atoms with van der Waals surface area (Å²) < 4.78 is 14.0. The van der Waals surface area contributed by atoms with Crippen LogP contribution < -0.4 is 5.73 Å². The van der Waals surface area contributed by atoms with Crippen molar-refractivity contribution in [1.82, 2.24) is 0 Å². The van der Waals surface area contributed by atoms with Crippen LogP contribution in [0.4, 0.5) is 4.39 Å². The van der Waals surface area contributed by atoms with E-state index in [4.69, 9.17) is 17.3 Å². The van der Waals surface area contributed by atoms with E-state index in [2.05, 4.69) is 0 Å². The van der Waals surface area contributed by atoms with E-state index in [1.165, 1.54) is 12.1 Å². The topological polar surface area (TPSA) is 43.1 Å². The SMILES string of the molecule is CC[C@](C)(C[C@H](N)Cc1ccc(-c2cc(Cl)ccc2F)cc1)C(C)=O. The Morgan fingerprint density at radius 1 is 1.24 bits per heavy atom. The number of rotatable bonds is 7. The number of nitrogens with two attached hydrogens (primary N) is 1. The molecule has 2 aromatic carbocycles. The number of hydrogen-bond acceptors (Lipinski definition) is 2. The van der Waals surface area contributed by atoms with Gasteiger partial charge in [-0.15, -0.1) is 0 Å². The maximum atomic E-state index is 14.0. The smallest absolute Gasteiger partial charge is 0.135 e. The first-order chi connectivity index (χ1) is 11.7. The van der Waals surface area contributed by atoms with Crippen molar-refractivity contribution < 1.29 is 9.18 Å². The Morgan fingerprint density at radius 2 is 1.88 bits per heavy atom. The van der Waals surface area contributed by atoms with Crippen molar-refractivity contribution in [2.24, 2.45) is 11.1 Å². The second-order valence-corrected chi connectivity index (χ2v) is 7.40. The maximum Gasteiger partial charge on any atom is 0.135 e. The molecule has 0 fully saturated rings. The molecular formula is C21H25ClFNO. The first kappa shape index (κ1) is 19.6. The molecule has 0 bridgehead atoms. The lowest BCUT2D eigenvalue weighted by Crippen LogP contribution is -2.35. The Kier molecular flexibility index (Phi) is 6.36. The highest BCUT2D eigenvalue weighted by molar-refractivity contribution is 6.30. The first-order valence-electron chi connectivity index (χ1n) is 8.56. The van der Waals surface area contributed by atoms with Crippen LogP contribution >= 0.6 is 11.6 Å². The van der Waals surface area contributed by atoms with Crippen molar-refractivity contribution in [2.75, 3.05) is 0 Å². The van der Waals surface area contributed by atoms with E-state index < -0.39 is 0 Å². The van der Waals surface area contributed by atoms with Crippen LogP contribution in [0.15, 0.2) is 42.5 Å². The molecule has 2 rings (SSSR count). The molecule has 0 spiro atoms. The summed E-state index contributed by atoms with van der Waals surface area (Å²) in [6.45, 7) is 5.62. The monoisotopic (exact) mass is 361 g/mol. The van der Waals surface area contributed by atoms with Gasteiger partial charge in [-0.1, -0.05) is 49.7 Å². The summed E-state index contributed by atoms with van der Waals surface area (Å²) in [5.41, 5.74) is 8.23. The summed E-state index contributed by atoms with van der Waals surface area (Å²) in [4.78, 5) is 11.8. The predicted molar refractivity (Wildman–Crippen MR) is 102 cm³/mol. The summed E-state index contributed by atoms with van der Waals surface area (Å²) in [6, 6.07) is 12.1. The average Bonchev–Trinajstić information content (AvgIpc) is 2.57. The van der Waals surface area contributed by atoms with Gasteiger partial charge in [0.05, 0.1) is 0 Å². The van der Waals surface area contributed by atoms with E-state index in [1.807, 2.05) is 38.1 Å². The largest absolute Gasteiger partial charge is 0.327 e. The quantitative estimate of drug-likeness (QED) is 0.716. The molecule has 25 heavy (non-hydrogen) atoms. The van der Waals surface area contributed by atoms with Gasteiger partial charge >= 0.3 is 0 Å². The molecule has 0 aliphatic heterocycles. The third-order valence-electron chi connectivity index (χ3n) is 5.03. The number of carbonyl (C=O) groups excluding carboxylic acids is 1. The van der Waals surface area contributed by atoms with Crippen LogP contribution in [0.3, 0.4) is 0 Å². The number of hydrogen-bond donors (Lipinski definition) is 1. The zero-order valence-electron chi connectivity index (χ0n) is 15.0. The van der Waals surface area contributed by atoms with Gasteiger partial charge in [-0.25, -0.2) is 4.39 Å². The molecule has 0 amide bonds. The van der Waals surface area contributed by atoms with Crippen LogP contribution in [-0.2, 0) is 11.2 Å². The van der Waals surface area contributed by atoms with Gasteiger partial charge in [0.25, 0.3) is 0 Å². The van der Waals surface area contributed by atoms with E-state index in [0.717, 1.165) is 17.5 Å². The summed E-state index contributed by atoms with van der Waals surface area (Å²) >= 11 is 5.96. The Morgan fingerprint density at radius 3 is 2.44 bits per heavy atom. The molecule has 0 aliphatic rings. The van der Waals surface area contributed by atoms with E-state index in [0.29, 0.717) is 23.4 Å². The first-order valence-corrected chi connectivity index (χ1v) is 8.94. The Bertz CT molecular complexity index is 744. The molecule has 2 N–H and O–H groups in total. The van der Waals surface area contributed by atoms with E-state index in [-0.39, 0.29) is 23.1 Å². The van der Waals surface area contributed by atoms with Crippen LogP contribution in [0, 0.1) is 11.2 Å². The summed E-state index contributed by atoms with van der Waals surface area (Å²) in [6.07, 6.45) is 2.12. The minimum absolute atomic E-state index is 0.0948. The van der Waals surface area contributed by atoms with Crippen LogP contribution in [0.1, 0.15) is 39.2 Å². The highest BCUT2D eigenvalue weighted by atomic mass is 35.5. The Hall–Kier alpha value is -1.71. The van der Waals surface area contributed by atoms with Crippen LogP contribution in [-0.4, -0.2) is 11.8 Å². The fraction of sp³-hybridized carbons (Fsp3) is 0.381. The molecule has 134 valence electrons. The normalized spacial score (nSPS) is 14.8. The van der Waals surface area contributed by atoms with Gasteiger partial charge in [0, 0.05) is 22.0 Å². The van der Waals surface area contributed by atoms with Crippen molar-refractivity contribution >= 4 is 17.4 Å². The third-order valence-corrected chi connectivity index (χ3v) is 5.27. The van der Waals surface area contributed by atoms with Crippen molar-refractivity contribution in [1.29, 1.82) is 0 Å². The van der Waals surface area contributed by atoms with Crippen molar-refractivity contribution in [3.63, 3.8) is 0 Å². The highest BCUT2D eigenvalue weighted by Crippen LogP contribution is 2.30. The van der Waals surface area contributed by atoms with Crippen molar-refractivity contribution in [3.8, 4) is 11.1 Å². The van der Waals surface area contributed by atoms with Gasteiger partial charge in [0.2, 0.25) is 0 Å². The summed E-state index contributed by atoms with van der Waals surface area (Å²) in [5, 5.41) is 0.505. The molecular weight excluding hydrogens is 337 g/mol. The second kappa shape index (κ2) is 8.11. The number of benzene rings is 2. The molecule has 2 aromatic rings. The van der Waals surface area contributed by atoms with Crippen LogP contribution in [0.25, 0.3) is 11.1 Å². The zero-order chi connectivity index (χ0) is 18.6. The minimum Gasteiger partial charge on any atom is -0.327 e. The molecule has 0 saturated heterocycles. The maximum absolute atomic E-state index is 14.0. The summed E-state index contributed by atoms with van der Waals surface area (Å²) in [7, 11) is 0. The molecule has 0 aliphatic carbocycles. The predicted octanol–water partition coefficient (Wildman–Crippen LogP) is 5.41. The minimum atomic E-state index is -0.372. The van der Waals surface area contributed by atoms with Crippen molar-refractivity contribution in [3.05, 3.63) is 58.9 Å². The molecule has 0 unspecified atom stereocenters. The number of ketones is 1. The lowest BCUT2D eigenvalue weighted by atomic mass is 9.77. The van der Waals surface area contributed by atoms with Crippen molar-refractivity contribution in [2.45, 2.75) is 46.1 Å². The van der Waals surface area contributed by atoms with Gasteiger partial charge in [0.1, 0.15) is 11.6 Å². The van der Waals surface area contributed by atoms with Gasteiger partial charge < -0.3 is 5.73 Å². The zero-order valence-corrected chi connectivity index (χ0v) is 15.7. The standard InChI is InChI=1S/C21H25ClFNO/c1-4-21(3,14(2)25)13-18(24)11-15-5-7-16(8-6-15)19-12-17(22)9-10-20(19)23/h5-10,12,18H,4,11,13,24H2,1-3H3/t18-,21-/m1/s1. The number of halogens is 2. The summed E-state index contributed by atoms with van der Waals surface area (Å²) in [5.74, 6) is -0.119. The van der Waals surface area contributed by atoms with E-state index >= 15 is 0 Å².